The molecular weight excluding hydrogens is 1280 g/mol. The third kappa shape index (κ3) is 32.9. The zero-order valence-electron chi connectivity index (χ0n) is 66.4. The average Bonchev–Trinajstić information content (AvgIpc) is 0.958. The Morgan fingerprint density at radius 3 is 1.24 bits per heavy atom. The van der Waals surface area contributed by atoms with Crippen LogP contribution in [0.1, 0.15) is 156 Å². The number of pyridine rings is 11. The summed E-state index contributed by atoms with van der Waals surface area (Å²) in [7, 11) is 0. The van der Waals surface area contributed by atoms with Crippen LogP contribution in [0.5, 0.6) is 0 Å². The van der Waals surface area contributed by atoms with Gasteiger partial charge < -0.3 is 0 Å². The fraction of sp³-hybridized carbons (Fsp3) is 0.270. The molecule has 0 fully saturated rings. The van der Waals surface area contributed by atoms with E-state index in [9.17, 15) is 0 Å². The Bertz CT molecular complexity index is 3980. The van der Waals surface area contributed by atoms with E-state index >= 15 is 0 Å². The van der Waals surface area contributed by atoms with Crippen molar-refractivity contribution in [2.45, 2.75) is 166 Å². The summed E-state index contributed by atoms with van der Waals surface area (Å²) in [6.07, 6.45) is 19.8. The molecule has 0 radical (unpaired) electrons. The molecular formula is C89H113N15. The molecule has 0 aliphatic carbocycles. The Labute approximate surface area is 620 Å². The van der Waals surface area contributed by atoms with Crippen LogP contribution >= 0.6 is 0 Å². The Balaban J connectivity index is 0.000000578. The number of aryl methyl sites for hydroxylation is 8. The predicted octanol–water partition coefficient (Wildman–Crippen LogP) is 24.3. The lowest BCUT2D eigenvalue weighted by molar-refractivity contribution is 1.09. The number of hydrogen-bond acceptors (Lipinski definition) is 15. The summed E-state index contributed by atoms with van der Waals surface area (Å²) in [5.41, 5.74) is 15.8. The molecule has 16 rings (SSSR count). The molecule has 0 unspecified atom stereocenters. The summed E-state index contributed by atoms with van der Waals surface area (Å²) in [5, 5.41) is 8.05. The van der Waals surface area contributed by atoms with Crippen LogP contribution in [0.15, 0.2) is 250 Å². The van der Waals surface area contributed by atoms with Crippen LogP contribution in [-0.4, -0.2) is 74.8 Å². The van der Waals surface area contributed by atoms with Gasteiger partial charge in [0.15, 0.2) is 5.65 Å². The van der Waals surface area contributed by atoms with Gasteiger partial charge in [-0.15, -0.1) is 0 Å². The monoisotopic (exact) mass is 1390 g/mol. The number of fused-ring (bicyclic) bond motifs is 8. The van der Waals surface area contributed by atoms with E-state index in [4.69, 9.17) is 0 Å². The second kappa shape index (κ2) is 55.3. The highest BCUT2D eigenvalue weighted by Gasteiger charge is 1.99. The topological polar surface area (TPSA) is 193 Å². The van der Waals surface area contributed by atoms with Crippen LogP contribution in [0.2, 0.25) is 0 Å². The summed E-state index contributed by atoms with van der Waals surface area (Å²) in [6, 6.07) is 59.9. The molecule has 0 atom stereocenters. The molecule has 13 heterocycles. The molecule has 15 heteroatoms. The molecule has 0 bridgehead atoms. The highest BCUT2D eigenvalue weighted by molar-refractivity contribution is 5.82. The van der Waals surface area contributed by atoms with Gasteiger partial charge >= 0.3 is 0 Å². The van der Waals surface area contributed by atoms with Crippen molar-refractivity contribution in [3.05, 3.63) is 296 Å². The molecule has 0 spiro atoms. The van der Waals surface area contributed by atoms with Crippen LogP contribution in [-0.2, 0) is 0 Å². The second-order valence-corrected chi connectivity index (χ2v) is 20.2. The van der Waals surface area contributed by atoms with Gasteiger partial charge in [-0.3, -0.25) is 49.8 Å². The molecule has 0 aliphatic heterocycles. The van der Waals surface area contributed by atoms with Gasteiger partial charge in [0, 0.05) is 122 Å². The Morgan fingerprint density at radius 1 is 0.183 bits per heavy atom. The van der Waals surface area contributed by atoms with Crippen LogP contribution in [0.3, 0.4) is 0 Å². The van der Waals surface area contributed by atoms with Crippen LogP contribution in [0.4, 0.5) is 0 Å². The molecule has 0 saturated carbocycles. The molecule has 15 nitrogen and oxygen atoms in total. The number of hydrogen-bond donors (Lipinski definition) is 0. The lowest BCUT2D eigenvalue weighted by Crippen LogP contribution is -1.86. The molecule has 16 aromatic rings. The van der Waals surface area contributed by atoms with E-state index in [1.54, 1.807) is 49.6 Å². The number of rotatable bonds is 0. The van der Waals surface area contributed by atoms with Gasteiger partial charge in [0.2, 0.25) is 0 Å². The van der Waals surface area contributed by atoms with E-state index in [0.29, 0.717) is 0 Å². The van der Waals surface area contributed by atoms with Crippen LogP contribution in [0.25, 0.3) is 87.5 Å². The lowest BCUT2D eigenvalue weighted by atomic mass is 10.1. The SMILES string of the molecule is CC.CC.CC.CC.CC.CC.CC.CC.Cc1cc2ccccc2cn1.Cc1cc2cccnc2cn1.Cc1ccc2cccnc2n1.Cc1ccc2ccncc2n1.Cc1ccc2cnccc2n1.Cc1ccc2ncccc2n1.Cc1cnc2ccccc2n1.Cc1ncc2ccccc2n1. The Kier molecular flexibility index (Phi) is 48.1. The first-order chi connectivity index (χ1) is 50.9. The minimum atomic E-state index is 0.823. The van der Waals surface area contributed by atoms with Crippen molar-refractivity contribution in [1.29, 1.82) is 0 Å². The van der Waals surface area contributed by atoms with Gasteiger partial charge in [-0.1, -0.05) is 178 Å². The van der Waals surface area contributed by atoms with Crippen molar-refractivity contribution in [3.8, 4) is 0 Å². The van der Waals surface area contributed by atoms with E-state index < -0.39 is 0 Å². The zero-order chi connectivity index (χ0) is 77.5. The van der Waals surface area contributed by atoms with Crippen LogP contribution in [0, 0.1) is 55.4 Å². The Hall–Kier alpha value is -11.5. The number of nitrogens with zero attached hydrogens (tertiary/aromatic N) is 15. The first kappa shape index (κ1) is 90.6. The average molecular weight is 1390 g/mol. The van der Waals surface area contributed by atoms with Crippen LogP contribution < -0.4 is 0 Å². The number of aromatic nitrogens is 15. The predicted molar refractivity (Wildman–Crippen MR) is 447 cm³/mol. The lowest BCUT2D eigenvalue weighted by Gasteiger charge is -1.96. The molecule has 0 amide bonds. The van der Waals surface area contributed by atoms with Gasteiger partial charge in [-0.25, -0.2) is 24.9 Å². The van der Waals surface area contributed by atoms with E-state index in [0.717, 1.165) is 122 Å². The van der Waals surface area contributed by atoms with Gasteiger partial charge in [-0.05, 0) is 176 Å². The molecule has 13 aromatic heterocycles. The number of para-hydroxylation sites is 3. The molecule has 0 aliphatic rings. The molecule has 104 heavy (non-hydrogen) atoms. The van der Waals surface area contributed by atoms with E-state index in [1.165, 1.54) is 10.8 Å². The smallest absolute Gasteiger partial charge is 0.159 e. The van der Waals surface area contributed by atoms with Crippen molar-refractivity contribution in [2.75, 3.05) is 0 Å². The summed E-state index contributed by atoms with van der Waals surface area (Å²) >= 11 is 0. The summed E-state index contributed by atoms with van der Waals surface area (Å²) in [4.78, 5) is 62.9. The third-order valence-corrected chi connectivity index (χ3v) is 13.0. The van der Waals surface area contributed by atoms with Gasteiger partial charge in [0.1, 0.15) is 5.82 Å². The standard InChI is InChI=1S/C10H9N.7C9H8N2.8C2H6/c1-8-6-9-4-2-3-5-10(9)7-11-8;1-7-2-3-8-6-10-5-4-9(8)11-7;1-7-2-3-8-4-5-10-6-9(8)11-7;1-7-4-5-8-9(11-7)3-2-6-10-8;1-7-4-5-8-3-2-6-10-9(8)11-7;1-7-5-8-3-2-4-10-9(8)6-11-7;1-7-10-6-8-4-2-3-5-9(8)11-7;1-7-6-10-8-4-2-3-5-9(8)11-7;8*1-2/h2-7H,1H3;7*2-6H,1H3;8*1-2H3. The van der Waals surface area contributed by atoms with Gasteiger partial charge in [-0.2, -0.15) is 0 Å². The summed E-state index contributed by atoms with van der Waals surface area (Å²) in [6.45, 7) is 47.7. The van der Waals surface area contributed by atoms with E-state index in [1.807, 2.05) is 342 Å². The van der Waals surface area contributed by atoms with E-state index in [-0.39, 0.29) is 0 Å². The van der Waals surface area contributed by atoms with Crippen molar-refractivity contribution in [1.82, 2.24) is 74.8 Å². The largest absolute Gasteiger partial charge is 0.264 e. The minimum absolute atomic E-state index is 0.823. The summed E-state index contributed by atoms with van der Waals surface area (Å²) in [5.74, 6) is 0.823. The first-order valence-corrected chi connectivity index (χ1v) is 36.5. The Morgan fingerprint density at radius 2 is 0.587 bits per heavy atom. The highest BCUT2D eigenvalue weighted by Crippen LogP contribution is 2.15. The fourth-order valence-electron chi connectivity index (χ4n) is 8.64. The quantitative estimate of drug-likeness (QED) is 0.139. The minimum Gasteiger partial charge on any atom is -0.264 e. The second-order valence-electron chi connectivity index (χ2n) is 20.2. The third-order valence-electron chi connectivity index (χ3n) is 13.0. The molecule has 544 valence electrons. The zero-order valence-corrected chi connectivity index (χ0v) is 66.4. The fourth-order valence-corrected chi connectivity index (χ4v) is 8.64. The normalized spacial score (nSPS) is 9.15. The van der Waals surface area contributed by atoms with Crippen molar-refractivity contribution in [2.24, 2.45) is 0 Å². The van der Waals surface area contributed by atoms with Crippen molar-refractivity contribution < 1.29 is 0 Å². The van der Waals surface area contributed by atoms with Crippen molar-refractivity contribution in [3.63, 3.8) is 0 Å². The molecule has 0 N–H and O–H groups in total. The number of benzene rings is 3. The maximum Gasteiger partial charge on any atom is 0.159 e. The van der Waals surface area contributed by atoms with Crippen molar-refractivity contribution >= 4 is 87.5 Å². The van der Waals surface area contributed by atoms with Gasteiger partial charge in [0.05, 0.1) is 62.2 Å². The summed E-state index contributed by atoms with van der Waals surface area (Å²) < 4.78 is 0. The van der Waals surface area contributed by atoms with E-state index in [2.05, 4.69) is 99.0 Å². The molecule has 3 aromatic carbocycles. The highest BCUT2D eigenvalue weighted by atomic mass is 14.9. The maximum absolute atomic E-state index is 4.34. The first-order valence-electron chi connectivity index (χ1n) is 36.5. The molecule has 0 saturated heterocycles. The maximum atomic E-state index is 4.34. The van der Waals surface area contributed by atoms with Gasteiger partial charge in [0.25, 0.3) is 0 Å².